The first-order chi connectivity index (χ1) is 12.0. The molecule has 136 valence electrons. The maximum absolute atomic E-state index is 13.0. The van der Waals surface area contributed by atoms with Crippen LogP contribution in [0.25, 0.3) is 0 Å². The molecule has 2 amide bonds. The van der Waals surface area contributed by atoms with Gasteiger partial charge in [0.25, 0.3) is 5.91 Å². The van der Waals surface area contributed by atoms with Crippen LogP contribution in [-0.2, 0) is 6.42 Å². The smallest absolute Gasteiger partial charge is 0.404 e. The topological polar surface area (TPSA) is 72.9 Å². The van der Waals surface area contributed by atoms with Crippen LogP contribution in [0.1, 0.15) is 29.8 Å². The molecule has 0 unspecified atom stereocenters. The standard InChI is InChI=1S/C18H24FN3O3/c1-3-21(4-2)17(23)15-5-6-16-14(9-15)7-8-22(16)12-13(10-19)11-20-18(24)25/h5-6,9-10,20H,3-4,7-8,11-12H2,1-2H3,(H,24,25). The van der Waals surface area contributed by atoms with Crippen LogP contribution in [0.3, 0.4) is 0 Å². The summed E-state index contributed by atoms with van der Waals surface area (Å²) in [6, 6.07) is 5.59. The van der Waals surface area contributed by atoms with Gasteiger partial charge >= 0.3 is 6.09 Å². The Morgan fingerprint density at radius 2 is 2.08 bits per heavy atom. The van der Waals surface area contributed by atoms with Gasteiger partial charge in [0.1, 0.15) is 0 Å². The first-order valence-electron chi connectivity index (χ1n) is 8.42. The molecule has 1 aliphatic rings. The number of nitrogens with zero attached hydrogens (tertiary/aromatic N) is 2. The van der Waals surface area contributed by atoms with Crippen LogP contribution in [0.15, 0.2) is 30.1 Å². The van der Waals surface area contributed by atoms with E-state index in [1.54, 1.807) is 11.0 Å². The van der Waals surface area contributed by atoms with Crippen molar-refractivity contribution in [3.63, 3.8) is 0 Å². The summed E-state index contributed by atoms with van der Waals surface area (Å²) in [4.78, 5) is 26.8. The minimum atomic E-state index is -1.18. The zero-order valence-corrected chi connectivity index (χ0v) is 14.6. The molecule has 0 radical (unpaired) electrons. The SMILES string of the molecule is CCN(CC)C(=O)c1ccc2c(c1)CCN2CC(=CF)CNC(=O)O. The maximum atomic E-state index is 13.0. The molecule has 0 saturated heterocycles. The average Bonchev–Trinajstić information content (AvgIpc) is 3.01. The van der Waals surface area contributed by atoms with Crippen molar-refractivity contribution in [2.45, 2.75) is 20.3 Å². The van der Waals surface area contributed by atoms with Crippen molar-refractivity contribution in [3.05, 3.63) is 41.2 Å². The molecule has 0 saturated carbocycles. The molecule has 2 rings (SSSR count). The Morgan fingerprint density at radius 1 is 1.36 bits per heavy atom. The fourth-order valence-electron chi connectivity index (χ4n) is 3.02. The predicted molar refractivity (Wildman–Crippen MR) is 94.8 cm³/mol. The Bertz CT molecular complexity index is 672. The van der Waals surface area contributed by atoms with Gasteiger partial charge in [0.2, 0.25) is 0 Å². The lowest BCUT2D eigenvalue weighted by Crippen LogP contribution is -2.30. The van der Waals surface area contributed by atoms with E-state index in [9.17, 15) is 14.0 Å². The van der Waals surface area contributed by atoms with Gasteiger partial charge in [-0.15, -0.1) is 0 Å². The number of nitrogens with one attached hydrogen (secondary N) is 1. The molecule has 0 atom stereocenters. The van der Waals surface area contributed by atoms with Gasteiger partial charge in [-0.1, -0.05) is 0 Å². The Kier molecular flexibility index (Phi) is 6.38. The number of carboxylic acid groups (broad SMARTS) is 1. The van der Waals surface area contributed by atoms with Crippen molar-refractivity contribution in [1.82, 2.24) is 10.2 Å². The molecule has 0 fully saturated rings. The summed E-state index contributed by atoms with van der Waals surface area (Å²) in [5.74, 6) is 0.0150. The number of benzene rings is 1. The highest BCUT2D eigenvalue weighted by molar-refractivity contribution is 5.95. The molecule has 1 aromatic rings. The van der Waals surface area contributed by atoms with E-state index in [4.69, 9.17) is 5.11 Å². The summed E-state index contributed by atoms with van der Waals surface area (Å²) < 4.78 is 13.0. The normalized spacial score (nSPS) is 13.6. The Hall–Kier alpha value is -2.57. The lowest BCUT2D eigenvalue weighted by Gasteiger charge is -2.22. The van der Waals surface area contributed by atoms with Crippen molar-refractivity contribution >= 4 is 17.7 Å². The lowest BCUT2D eigenvalue weighted by atomic mass is 10.1. The quantitative estimate of drug-likeness (QED) is 0.794. The summed E-state index contributed by atoms with van der Waals surface area (Å²) in [5.41, 5.74) is 3.05. The van der Waals surface area contributed by atoms with E-state index in [0.29, 0.717) is 43.6 Å². The third-order valence-corrected chi connectivity index (χ3v) is 4.38. The molecular weight excluding hydrogens is 325 g/mol. The molecular formula is C18H24FN3O3. The number of carbonyl (C=O) groups is 2. The number of halogens is 1. The van der Waals surface area contributed by atoms with Crippen LogP contribution >= 0.6 is 0 Å². The first-order valence-corrected chi connectivity index (χ1v) is 8.42. The largest absolute Gasteiger partial charge is 0.465 e. The second-order valence-corrected chi connectivity index (χ2v) is 5.92. The summed E-state index contributed by atoms with van der Waals surface area (Å²) in [6.07, 6.45) is 0.0491. The van der Waals surface area contributed by atoms with Crippen LogP contribution in [0.4, 0.5) is 14.9 Å². The average molecular weight is 349 g/mol. The van der Waals surface area contributed by atoms with Crippen molar-refractivity contribution in [3.8, 4) is 0 Å². The number of fused-ring (bicyclic) bond motifs is 1. The van der Waals surface area contributed by atoms with Crippen molar-refractivity contribution in [1.29, 1.82) is 0 Å². The Labute approximate surface area is 146 Å². The number of carbonyl (C=O) groups excluding carboxylic acids is 1. The van der Waals surface area contributed by atoms with E-state index in [0.717, 1.165) is 17.7 Å². The molecule has 0 aromatic heterocycles. The van der Waals surface area contributed by atoms with Crippen molar-refractivity contribution < 1.29 is 19.1 Å². The molecule has 0 aliphatic carbocycles. The summed E-state index contributed by atoms with van der Waals surface area (Å²) in [5, 5.41) is 10.8. The van der Waals surface area contributed by atoms with Gasteiger partial charge in [-0.3, -0.25) is 4.79 Å². The predicted octanol–water partition coefficient (Wildman–Crippen LogP) is 2.65. The zero-order chi connectivity index (χ0) is 18.4. The van der Waals surface area contributed by atoms with E-state index in [1.165, 1.54) is 0 Å². The third-order valence-electron chi connectivity index (χ3n) is 4.38. The number of hydrogen-bond acceptors (Lipinski definition) is 3. The molecule has 1 aromatic carbocycles. The van der Waals surface area contributed by atoms with E-state index in [-0.39, 0.29) is 12.5 Å². The molecule has 0 spiro atoms. The van der Waals surface area contributed by atoms with Gasteiger partial charge in [-0.05, 0) is 49.6 Å². The summed E-state index contributed by atoms with van der Waals surface area (Å²) in [7, 11) is 0. The van der Waals surface area contributed by atoms with E-state index < -0.39 is 6.09 Å². The van der Waals surface area contributed by atoms with E-state index >= 15 is 0 Å². The van der Waals surface area contributed by atoms with Gasteiger partial charge in [-0.2, -0.15) is 0 Å². The van der Waals surface area contributed by atoms with Gasteiger partial charge in [0.05, 0.1) is 6.33 Å². The highest BCUT2D eigenvalue weighted by Crippen LogP contribution is 2.29. The second-order valence-electron chi connectivity index (χ2n) is 5.92. The van der Waals surface area contributed by atoms with Gasteiger partial charge < -0.3 is 20.2 Å². The van der Waals surface area contributed by atoms with Crippen LogP contribution in [0.2, 0.25) is 0 Å². The minimum absolute atomic E-state index is 0.0150. The Morgan fingerprint density at radius 3 is 2.68 bits per heavy atom. The number of hydrogen-bond donors (Lipinski definition) is 2. The molecule has 1 heterocycles. The highest BCUT2D eigenvalue weighted by Gasteiger charge is 2.22. The third kappa shape index (κ3) is 4.49. The molecule has 0 bridgehead atoms. The van der Waals surface area contributed by atoms with Crippen LogP contribution in [0, 0.1) is 0 Å². The van der Waals surface area contributed by atoms with Crippen LogP contribution in [-0.4, -0.2) is 54.7 Å². The monoisotopic (exact) mass is 349 g/mol. The van der Waals surface area contributed by atoms with Gasteiger partial charge in [0, 0.05) is 44.0 Å². The second kappa shape index (κ2) is 8.50. The lowest BCUT2D eigenvalue weighted by molar-refractivity contribution is 0.0773. The van der Waals surface area contributed by atoms with Gasteiger partial charge in [0.15, 0.2) is 0 Å². The molecule has 2 N–H and O–H groups in total. The first kappa shape index (κ1) is 18.8. The number of rotatable bonds is 7. The fraction of sp³-hybridized carbons (Fsp3) is 0.444. The van der Waals surface area contributed by atoms with Crippen molar-refractivity contribution in [2.75, 3.05) is 37.6 Å². The van der Waals surface area contributed by atoms with Crippen LogP contribution in [0.5, 0.6) is 0 Å². The highest BCUT2D eigenvalue weighted by atomic mass is 19.1. The van der Waals surface area contributed by atoms with Crippen molar-refractivity contribution in [2.24, 2.45) is 0 Å². The number of anilines is 1. The Balaban J connectivity index is 2.10. The van der Waals surface area contributed by atoms with Crippen LogP contribution < -0.4 is 10.2 Å². The maximum Gasteiger partial charge on any atom is 0.404 e. The molecule has 6 nitrogen and oxygen atoms in total. The zero-order valence-electron chi connectivity index (χ0n) is 14.6. The minimum Gasteiger partial charge on any atom is -0.465 e. The summed E-state index contributed by atoms with van der Waals surface area (Å²) in [6.45, 7) is 6.21. The van der Waals surface area contributed by atoms with E-state index in [2.05, 4.69) is 5.32 Å². The summed E-state index contributed by atoms with van der Waals surface area (Å²) >= 11 is 0. The van der Waals surface area contributed by atoms with Gasteiger partial charge in [-0.25, -0.2) is 9.18 Å². The molecule has 1 aliphatic heterocycles. The molecule has 7 heteroatoms. The fourth-order valence-corrected chi connectivity index (χ4v) is 3.02. The molecule has 25 heavy (non-hydrogen) atoms. The van der Waals surface area contributed by atoms with E-state index in [1.807, 2.05) is 30.9 Å². The number of amides is 2.